The van der Waals surface area contributed by atoms with Gasteiger partial charge in [-0.3, -0.25) is 0 Å². The summed E-state index contributed by atoms with van der Waals surface area (Å²) in [5.41, 5.74) is 24.7. The highest BCUT2D eigenvalue weighted by Crippen LogP contribution is 2.60. The monoisotopic (exact) mass is 1000 g/mol. The van der Waals surface area contributed by atoms with Crippen molar-refractivity contribution in [1.29, 1.82) is 0 Å². The predicted octanol–water partition coefficient (Wildman–Crippen LogP) is 17.2. The van der Waals surface area contributed by atoms with Crippen molar-refractivity contribution >= 4 is 55.4 Å². The first-order chi connectivity index (χ1) is 35.4. The first kappa shape index (κ1) is 48.3. The maximum absolute atomic E-state index is 3.05. The standard InChI is InChI=1S/C71H81BN2S/c1-65(2)30-33-68(7,8)51-39-58(44(36-48(51)65)42-22-16-15-17-23-42)73-56-28-21-29-57-62(56)72(54-38-50-52(40-59(54)73)69(9,10)34-32-67(50,5)6)64-63(45-37-49-53(41-60(45)75-64)70(11,12)35-31-66(49,3)4)74(57)55-27-20-26-47-61(55)43-24-18-19-25-46(43)71(47,13)14/h15-22,24-28,36-42,55,57,61H,23,29-35H2,1-14H3. The molecule has 1 aromatic heterocycles. The van der Waals surface area contributed by atoms with Crippen molar-refractivity contribution in [2.75, 3.05) is 9.80 Å². The molecule has 4 unspecified atom stereocenters. The molecule has 0 fully saturated rings. The van der Waals surface area contributed by atoms with Crippen LogP contribution in [0.1, 0.15) is 210 Å². The average Bonchev–Trinajstić information content (AvgIpc) is 3.88. The zero-order valence-corrected chi connectivity index (χ0v) is 48.6. The number of nitrogens with zero attached hydrogens (tertiary/aromatic N) is 2. The number of benzene rings is 4. The molecule has 9 aliphatic rings. The van der Waals surface area contributed by atoms with E-state index in [9.17, 15) is 0 Å². The first-order valence-electron chi connectivity index (χ1n) is 29.2. The van der Waals surface area contributed by atoms with Gasteiger partial charge in [0, 0.05) is 49.5 Å². The molecule has 3 heterocycles. The first-order valence-corrected chi connectivity index (χ1v) is 30.0. The van der Waals surface area contributed by atoms with Gasteiger partial charge in [-0.1, -0.05) is 188 Å². The van der Waals surface area contributed by atoms with Crippen LogP contribution in [0.15, 0.2) is 132 Å². The molecule has 0 spiro atoms. The highest BCUT2D eigenvalue weighted by Gasteiger charge is 2.55. The van der Waals surface area contributed by atoms with Crippen LogP contribution in [0, 0.1) is 0 Å². The van der Waals surface area contributed by atoms with Crippen LogP contribution in [0.3, 0.4) is 0 Å². The summed E-state index contributed by atoms with van der Waals surface area (Å²) in [5, 5.41) is 1.48. The van der Waals surface area contributed by atoms with Gasteiger partial charge >= 0.3 is 0 Å². The lowest BCUT2D eigenvalue weighted by molar-refractivity contribution is 0.331. The fraction of sp³-hybridized carbons (Fsp3) is 0.465. The zero-order chi connectivity index (χ0) is 52.3. The van der Waals surface area contributed by atoms with Crippen molar-refractivity contribution in [3.8, 4) is 0 Å². The van der Waals surface area contributed by atoms with Gasteiger partial charge < -0.3 is 9.80 Å². The van der Waals surface area contributed by atoms with E-state index in [1.165, 1.54) is 93.5 Å². The molecule has 5 aromatic rings. The molecule has 0 radical (unpaired) electrons. The molecule has 0 bridgehead atoms. The van der Waals surface area contributed by atoms with Gasteiger partial charge in [-0.05, 0) is 175 Å². The number of allylic oxidation sites excluding steroid dienone is 7. The van der Waals surface area contributed by atoms with Gasteiger partial charge in [0.1, 0.15) is 0 Å². The van der Waals surface area contributed by atoms with Crippen LogP contribution in [0.4, 0.5) is 17.1 Å². The Kier molecular flexibility index (Phi) is 10.0. The second kappa shape index (κ2) is 15.6. The van der Waals surface area contributed by atoms with Gasteiger partial charge in [-0.15, -0.1) is 11.3 Å². The Morgan fingerprint density at radius 2 is 1.13 bits per heavy atom. The summed E-state index contributed by atoms with van der Waals surface area (Å²) in [6, 6.07) is 26.2. The Morgan fingerprint density at radius 3 is 1.77 bits per heavy atom. The van der Waals surface area contributed by atoms with Crippen LogP contribution >= 0.6 is 11.3 Å². The van der Waals surface area contributed by atoms with Crippen LogP contribution in [0.25, 0.3) is 10.1 Å². The highest BCUT2D eigenvalue weighted by atomic mass is 32.1. The van der Waals surface area contributed by atoms with E-state index >= 15 is 0 Å². The minimum Gasteiger partial charge on any atom is -0.357 e. The molecule has 14 rings (SSSR count). The summed E-state index contributed by atoms with van der Waals surface area (Å²) in [4.78, 5) is 5.92. The summed E-state index contributed by atoms with van der Waals surface area (Å²) in [6.45, 7) is 35.4. The van der Waals surface area contributed by atoms with E-state index in [1.54, 1.807) is 49.2 Å². The quantitative estimate of drug-likeness (QED) is 0.166. The highest BCUT2D eigenvalue weighted by molar-refractivity contribution is 7.32. The third kappa shape index (κ3) is 6.69. The fourth-order valence-corrected chi connectivity index (χ4v) is 18.2. The molecule has 0 saturated heterocycles. The summed E-state index contributed by atoms with van der Waals surface area (Å²) in [5.74, 6) is 0.550. The van der Waals surface area contributed by atoms with Crippen molar-refractivity contribution in [3.63, 3.8) is 0 Å². The SMILES string of the molecule is CC1(C)CCC(C)(C)c2cc3c(cc21)B1C2=C(C=CCC2N(C2C=CC=C4C2c2ccccc2C4(C)C)c2c1sc1cc4c(cc21)C(C)(C)CCC4(C)C)N3c1cc2c(cc1C1C=CC=CC1)C(C)(C)CCC2(C)C. The maximum atomic E-state index is 3.05. The molecular weight excluding hydrogens is 924 g/mol. The Labute approximate surface area is 454 Å². The number of hydrogen-bond donors (Lipinski definition) is 0. The van der Waals surface area contributed by atoms with Crippen LogP contribution in [0.2, 0.25) is 0 Å². The van der Waals surface area contributed by atoms with E-state index < -0.39 is 0 Å². The van der Waals surface area contributed by atoms with Crippen LogP contribution in [-0.2, 0) is 37.9 Å². The van der Waals surface area contributed by atoms with Crippen LogP contribution < -0.4 is 20.0 Å². The lowest BCUT2D eigenvalue weighted by atomic mass is 9.33. The molecule has 384 valence electrons. The third-order valence-electron chi connectivity index (χ3n) is 21.8. The van der Waals surface area contributed by atoms with Gasteiger partial charge in [0.2, 0.25) is 0 Å². The topological polar surface area (TPSA) is 6.48 Å². The Bertz CT molecular complexity index is 3530. The minimum absolute atomic E-state index is 0.0537. The summed E-state index contributed by atoms with van der Waals surface area (Å²) in [7, 11) is 0. The molecule has 4 heteroatoms. The molecular formula is C71H81BN2S. The van der Waals surface area contributed by atoms with Crippen molar-refractivity contribution in [2.45, 2.75) is 210 Å². The lowest BCUT2D eigenvalue weighted by Gasteiger charge is -2.53. The number of rotatable bonds is 3. The second-order valence-electron chi connectivity index (χ2n) is 29.4. The molecule has 0 amide bonds. The predicted molar refractivity (Wildman–Crippen MR) is 324 cm³/mol. The van der Waals surface area contributed by atoms with Gasteiger partial charge in [0.05, 0.1) is 17.4 Å². The van der Waals surface area contributed by atoms with Gasteiger partial charge in [-0.2, -0.15) is 0 Å². The molecule has 0 N–H and O–H groups in total. The molecule has 75 heavy (non-hydrogen) atoms. The molecule has 2 nitrogen and oxygen atoms in total. The Hall–Kier alpha value is -5.06. The van der Waals surface area contributed by atoms with E-state index in [0.29, 0.717) is 5.92 Å². The van der Waals surface area contributed by atoms with E-state index in [2.05, 4.69) is 233 Å². The normalized spacial score (nSPS) is 27.7. The van der Waals surface area contributed by atoms with Crippen LogP contribution in [0.5, 0.6) is 0 Å². The van der Waals surface area contributed by atoms with Gasteiger partial charge in [0.25, 0.3) is 6.71 Å². The fourth-order valence-electron chi connectivity index (χ4n) is 16.8. The van der Waals surface area contributed by atoms with E-state index in [4.69, 9.17) is 0 Å². The third-order valence-corrected chi connectivity index (χ3v) is 23.0. The molecule has 7 aliphatic carbocycles. The second-order valence-corrected chi connectivity index (χ2v) is 30.5. The Balaban J connectivity index is 1.11. The van der Waals surface area contributed by atoms with E-state index in [1.807, 2.05) is 0 Å². The van der Waals surface area contributed by atoms with Crippen LogP contribution in [-0.4, -0.2) is 18.8 Å². The number of thiophene rings is 1. The summed E-state index contributed by atoms with van der Waals surface area (Å²) < 4.78 is 3.02. The van der Waals surface area contributed by atoms with Crippen molar-refractivity contribution in [2.24, 2.45) is 0 Å². The van der Waals surface area contributed by atoms with Gasteiger partial charge in [0.15, 0.2) is 0 Å². The maximum Gasteiger partial charge on any atom is 0.259 e. The largest absolute Gasteiger partial charge is 0.357 e. The lowest BCUT2D eigenvalue weighted by Crippen LogP contribution is -2.63. The summed E-state index contributed by atoms with van der Waals surface area (Å²) >= 11 is 2.14. The summed E-state index contributed by atoms with van der Waals surface area (Å²) in [6.07, 6.45) is 31.5. The number of hydrogen-bond acceptors (Lipinski definition) is 3. The van der Waals surface area contributed by atoms with E-state index in [0.717, 1.165) is 12.8 Å². The van der Waals surface area contributed by atoms with Crippen molar-refractivity contribution in [3.05, 3.63) is 182 Å². The van der Waals surface area contributed by atoms with Crippen molar-refractivity contribution in [1.82, 2.24) is 0 Å². The number of anilines is 3. The molecule has 0 saturated carbocycles. The zero-order valence-electron chi connectivity index (χ0n) is 47.8. The molecule has 4 aromatic carbocycles. The number of fused-ring (bicyclic) bond motifs is 12. The Morgan fingerprint density at radius 1 is 0.547 bits per heavy atom. The smallest absolute Gasteiger partial charge is 0.259 e. The molecule has 2 aliphatic heterocycles. The average molecular weight is 1010 g/mol. The molecule has 4 atom stereocenters. The van der Waals surface area contributed by atoms with E-state index in [-0.39, 0.29) is 62.6 Å². The minimum atomic E-state index is -0.0537. The van der Waals surface area contributed by atoms with Gasteiger partial charge in [-0.25, -0.2) is 0 Å². The van der Waals surface area contributed by atoms with Crippen molar-refractivity contribution < 1.29 is 0 Å².